The van der Waals surface area contributed by atoms with Crippen molar-refractivity contribution in [2.75, 3.05) is 33.0 Å². The van der Waals surface area contributed by atoms with E-state index in [1.54, 1.807) is 0 Å². The lowest BCUT2D eigenvalue weighted by Gasteiger charge is -2.45. The van der Waals surface area contributed by atoms with Crippen LogP contribution in [0.5, 0.6) is 0 Å². The minimum absolute atomic E-state index is 0.650. The molecule has 0 spiro atoms. The molecule has 264 valence electrons. The highest BCUT2D eigenvalue weighted by atomic mass is 16.8. The zero-order chi connectivity index (χ0) is 33.4. The van der Waals surface area contributed by atoms with E-state index in [1.165, 1.54) is 0 Å². The summed E-state index contributed by atoms with van der Waals surface area (Å²) in [7, 11) is 0. The van der Waals surface area contributed by atoms with Gasteiger partial charge in [0.15, 0.2) is 18.9 Å². The van der Waals surface area contributed by atoms with Crippen molar-refractivity contribution in [1.82, 2.24) is 0 Å². The summed E-state index contributed by atoms with van der Waals surface area (Å²) in [6.07, 6.45) is -31.4. The summed E-state index contributed by atoms with van der Waals surface area (Å²) in [5.41, 5.74) is 0. The van der Waals surface area contributed by atoms with E-state index in [4.69, 9.17) is 33.2 Å². The second kappa shape index (κ2) is 15.1. The van der Waals surface area contributed by atoms with E-state index in [2.05, 4.69) is 0 Å². The van der Waals surface area contributed by atoms with Crippen LogP contribution in [0.25, 0.3) is 0 Å². The Kier molecular flexibility index (Phi) is 12.5. The molecule has 0 radical (unpaired) electrons. The monoisotopic (exact) mass is 666 g/mol. The Bertz CT molecular complexity index is 931. The summed E-state index contributed by atoms with van der Waals surface area (Å²) < 4.78 is 37.6. The second-order valence-electron chi connectivity index (χ2n) is 11.3. The van der Waals surface area contributed by atoms with Crippen LogP contribution in [0.3, 0.4) is 0 Å². The second-order valence-corrected chi connectivity index (χ2v) is 11.3. The van der Waals surface area contributed by atoms with E-state index in [9.17, 15) is 71.5 Å². The smallest absolute Gasteiger partial charge is 0.224 e. The van der Waals surface area contributed by atoms with Crippen molar-refractivity contribution in [2.45, 2.75) is 116 Å². The number of rotatable bonds is 11. The molecule has 18 unspecified atom stereocenters. The molecule has 19 atom stereocenters. The molecule has 0 aromatic carbocycles. The van der Waals surface area contributed by atoms with Crippen LogP contribution >= 0.6 is 0 Å². The van der Waals surface area contributed by atoms with Crippen LogP contribution in [0.15, 0.2) is 0 Å². The van der Waals surface area contributed by atoms with Gasteiger partial charge in [0.05, 0.1) is 26.4 Å². The Morgan fingerprint density at radius 3 is 1.27 bits per heavy atom. The third kappa shape index (κ3) is 7.29. The summed E-state index contributed by atoms with van der Waals surface area (Å²) in [6.45, 7) is -4.02. The predicted octanol–water partition coefficient (Wildman–Crippen LogP) is -9.75. The zero-order valence-corrected chi connectivity index (χ0v) is 23.5. The highest BCUT2D eigenvalue weighted by Gasteiger charge is 2.58. The molecule has 21 nitrogen and oxygen atoms in total. The van der Waals surface area contributed by atoms with Gasteiger partial charge in [-0.3, -0.25) is 0 Å². The van der Waals surface area contributed by atoms with Crippen LogP contribution in [-0.2, 0) is 33.2 Å². The van der Waals surface area contributed by atoms with Gasteiger partial charge in [-0.2, -0.15) is 0 Å². The van der Waals surface area contributed by atoms with E-state index >= 15 is 0 Å². The van der Waals surface area contributed by atoms with Crippen molar-refractivity contribution >= 4 is 0 Å². The van der Waals surface area contributed by atoms with Gasteiger partial charge < -0.3 is 105 Å². The van der Waals surface area contributed by atoms with Gasteiger partial charge in [0.25, 0.3) is 0 Å². The first kappa shape index (κ1) is 37.0. The molecule has 4 heterocycles. The minimum atomic E-state index is -2.43. The summed E-state index contributed by atoms with van der Waals surface area (Å²) in [5, 5.41) is 141. The molecule has 0 amide bonds. The topological polar surface area (TPSA) is 348 Å². The van der Waals surface area contributed by atoms with E-state index in [0.717, 1.165) is 0 Å². The maximum Gasteiger partial charge on any atom is 0.224 e. The normalized spacial score (nSPS) is 52.7. The Balaban J connectivity index is 1.39. The van der Waals surface area contributed by atoms with Gasteiger partial charge in [-0.15, -0.1) is 0 Å². The quantitative estimate of drug-likeness (QED) is 0.0973. The number of hydrogen-bond donors (Lipinski definition) is 14. The maximum absolute atomic E-state index is 10.5. The van der Waals surface area contributed by atoms with E-state index in [0.29, 0.717) is 0 Å². The zero-order valence-electron chi connectivity index (χ0n) is 23.5. The molecule has 4 aliphatic rings. The van der Waals surface area contributed by atoms with Gasteiger partial charge in [-0.25, -0.2) is 0 Å². The van der Waals surface area contributed by atoms with Gasteiger partial charge in [0.2, 0.25) is 5.79 Å². The summed E-state index contributed by atoms with van der Waals surface area (Å²) >= 11 is 0. The maximum atomic E-state index is 10.5. The first-order valence-corrected chi connectivity index (χ1v) is 14.1. The van der Waals surface area contributed by atoms with Crippen LogP contribution in [0.1, 0.15) is 0 Å². The van der Waals surface area contributed by atoms with E-state index < -0.39 is 149 Å². The van der Waals surface area contributed by atoms with Crippen molar-refractivity contribution in [3.05, 3.63) is 0 Å². The molecule has 4 aliphatic heterocycles. The molecule has 14 N–H and O–H groups in total. The molecule has 45 heavy (non-hydrogen) atoms. The van der Waals surface area contributed by atoms with Gasteiger partial charge in [-0.05, 0) is 0 Å². The fourth-order valence-electron chi connectivity index (χ4n) is 5.39. The standard InChI is InChI=1S/C24H42O21/c25-1-6-10(28)14(32)17(35)21(41-6)39-3-8-11(29)15(33)18(36)22(42-8)40-4-9-12(30)16(34)19(37)23(43-9)45-24(5-27)20(38)13(31)7(2-26)44-24/h6-23,25-38H,1-5H2/t6?,7?,8?,9?,10?,11?,12?,13?,14?,15?,16?,17?,18?,19?,20?,21?,22?,23?,24-/m0/s1. The fraction of sp³-hybridized carbons (Fsp3) is 1.00. The average Bonchev–Trinajstić information content (AvgIpc) is 3.28. The van der Waals surface area contributed by atoms with Crippen molar-refractivity contribution in [3.8, 4) is 0 Å². The Morgan fingerprint density at radius 1 is 0.444 bits per heavy atom. The summed E-state index contributed by atoms with van der Waals surface area (Å²) in [6, 6.07) is 0. The van der Waals surface area contributed by atoms with E-state index in [-0.39, 0.29) is 0 Å². The SMILES string of the molecule is OCC1OC(OCC2OC(OCC3OC(O[C@]4(CO)OC(CO)C(O)C4O)C(O)C(O)C3O)C(O)C(O)C2O)C(O)C(O)C1O. The van der Waals surface area contributed by atoms with Crippen molar-refractivity contribution in [1.29, 1.82) is 0 Å². The Hall–Kier alpha value is -0.840. The lowest BCUT2D eigenvalue weighted by Crippen LogP contribution is -2.64. The molecule has 0 aliphatic carbocycles. The van der Waals surface area contributed by atoms with Gasteiger partial charge >= 0.3 is 0 Å². The predicted molar refractivity (Wildman–Crippen MR) is 134 cm³/mol. The molecule has 4 fully saturated rings. The van der Waals surface area contributed by atoms with Crippen LogP contribution in [0.4, 0.5) is 0 Å². The van der Waals surface area contributed by atoms with Crippen molar-refractivity contribution in [3.63, 3.8) is 0 Å². The molecule has 0 aromatic heterocycles. The van der Waals surface area contributed by atoms with Crippen LogP contribution in [0.2, 0.25) is 0 Å². The average molecular weight is 667 g/mol. The first-order chi connectivity index (χ1) is 21.2. The van der Waals surface area contributed by atoms with E-state index in [1.807, 2.05) is 0 Å². The van der Waals surface area contributed by atoms with Crippen molar-refractivity contribution in [2.24, 2.45) is 0 Å². The summed E-state index contributed by atoms with van der Waals surface area (Å²) in [5.74, 6) is -2.43. The number of hydrogen-bond acceptors (Lipinski definition) is 21. The van der Waals surface area contributed by atoms with Gasteiger partial charge in [0, 0.05) is 0 Å². The number of aliphatic hydroxyl groups excluding tert-OH is 14. The third-order valence-corrected chi connectivity index (χ3v) is 8.26. The molecule has 4 rings (SSSR count). The molecule has 4 saturated heterocycles. The first-order valence-electron chi connectivity index (χ1n) is 14.1. The molecular weight excluding hydrogens is 624 g/mol. The van der Waals surface area contributed by atoms with Crippen LogP contribution < -0.4 is 0 Å². The van der Waals surface area contributed by atoms with Crippen LogP contribution in [-0.4, -0.2) is 221 Å². The van der Waals surface area contributed by atoms with Gasteiger partial charge in [-0.1, -0.05) is 0 Å². The van der Waals surface area contributed by atoms with Crippen LogP contribution in [0, 0.1) is 0 Å². The number of ether oxygens (including phenoxy) is 7. The minimum Gasteiger partial charge on any atom is -0.394 e. The van der Waals surface area contributed by atoms with Gasteiger partial charge in [0.1, 0.15) is 98.2 Å². The van der Waals surface area contributed by atoms with Crippen molar-refractivity contribution < 1.29 is 105 Å². The molecule has 0 bridgehead atoms. The molecule has 0 saturated carbocycles. The molecule has 0 aromatic rings. The summed E-state index contributed by atoms with van der Waals surface area (Å²) in [4.78, 5) is 0. The Morgan fingerprint density at radius 2 is 0.844 bits per heavy atom. The lowest BCUT2D eigenvalue weighted by molar-refractivity contribution is -0.388. The highest BCUT2D eigenvalue weighted by molar-refractivity contribution is 4.99. The largest absolute Gasteiger partial charge is 0.394 e. The lowest BCUT2D eigenvalue weighted by atomic mass is 9.98. The molecule has 21 heteroatoms. The fourth-order valence-corrected chi connectivity index (χ4v) is 5.39. The Labute approximate surface area is 254 Å². The highest BCUT2D eigenvalue weighted by Crippen LogP contribution is 2.36. The molecular formula is C24H42O21. The third-order valence-electron chi connectivity index (χ3n) is 8.26. The number of aliphatic hydroxyl groups is 14.